The van der Waals surface area contributed by atoms with Gasteiger partial charge in [0, 0.05) is 71.5 Å². The molecule has 14 nitrogen and oxygen atoms in total. The van der Waals surface area contributed by atoms with Crippen molar-refractivity contribution in [3.63, 3.8) is 0 Å². The topological polar surface area (TPSA) is 235 Å². The quantitative estimate of drug-likeness (QED) is 0.0504. The summed E-state index contributed by atoms with van der Waals surface area (Å²) in [5.41, 5.74) is 2.74. The summed E-state index contributed by atoms with van der Waals surface area (Å²) in [7, 11) is -9.45. The van der Waals surface area contributed by atoms with E-state index in [1.165, 1.54) is 24.3 Å². The minimum Gasteiger partial charge on any atom is -0.871 e. The first-order chi connectivity index (χ1) is 29.0. The Morgan fingerprint density at radius 2 is 1.25 bits per heavy atom. The van der Waals surface area contributed by atoms with E-state index in [4.69, 9.17) is 0 Å². The lowest BCUT2D eigenvalue weighted by molar-refractivity contribution is -0.438. The van der Waals surface area contributed by atoms with Crippen molar-refractivity contribution in [2.75, 3.05) is 18.0 Å². The average molecular weight is 899 g/mol. The number of fused-ring (bicyclic) bond motifs is 6. The number of benzene rings is 4. The van der Waals surface area contributed by atoms with Crippen molar-refractivity contribution in [1.29, 1.82) is 0 Å². The second kappa shape index (κ2) is 17.1. The van der Waals surface area contributed by atoms with Crippen molar-refractivity contribution >= 4 is 76.6 Å². The Hall–Kier alpha value is -5.68. The molecule has 0 spiro atoms. The van der Waals surface area contributed by atoms with E-state index < -0.39 is 54.5 Å². The predicted octanol–water partition coefficient (Wildman–Crippen LogP) is 6.91. The molecule has 1 aliphatic carbocycles. The maximum atomic E-state index is 14.2. The molecule has 3 aliphatic rings. The lowest BCUT2D eigenvalue weighted by Gasteiger charge is -2.33. The van der Waals surface area contributed by atoms with Crippen molar-refractivity contribution in [3.05, 3.63) is 107 Å². The Kier molecular flexibility index (Phi) is 12.7. The zero-order chi connectivity index (χ0) is 45.1. The smallest absolute Gasteiger partial charge is 0.303 e. The largest absolute Gasteiger partial charge is 0.871 e. The van der Waals surface area contributed by atoms with Crippen LogP contribution >= 0.6 is 0 Å². The molecule has 0 unspecified atom stereocenters. The van der Waals surface area contributed by atoms with Gasteiger partial charge in [0.2, 0.25) is 5.69 Å². The Bertz CT molecular complexity index is 2960. The van der Waals surface area contributed by atoms with Gasteiger partial charge in [-0.1, -0.05) is 51.7 Å². The summed E-state index contributed by atoms with van der Waals surface area (Å²) in [4.78, 5) is 37.9. The molecule has 63 heavy (non-hydrogen) atoms. The van der Waals surface area contributed by atoms with Gasteiger partial charge in [0.05, 0.1) is 15.2 Å². The van der Waals surface area contributed by atoms with Crippen molar-refractivity contribution in [2.45, 2.75) is 107 Å². The normalized spacial score (nSPS) is 18.0. The van der Waals surface area contributed by atoms with Gasteiger partial charge in [0.25, 0.3) is 0 Å². The van der Waals surface area contributed by atoms with Gasteiger partial charge in [-0.25, -0.2) is 16.8 Å². The molecule has 16 heteroatoms. The molecule has 0 bridgehead atoms. The number of aliphatic carboxylic acids is 2. The number of nitrogens with zero attached hydrogens (tertiary/aromatic N) is 2. The Morgan fingerprint density at radius 1 is 0.714 bits per heavy atom. The lowest BCUT2D eigenvalue weighted by Crippen LogP contribution is -2.35. The number of allylic oxidation sites excluding steroid dienone is 5. The monoisotopic (exact) mass is 898 g/mol. The number of hydrogen-bond donors (Lipinski definition) is 2. The highest BCUT2D eigenvalue weighted by molar-refractivity contribution is 7.86. The molecule has 2 heterocycles. The first-order valence-electron chi connectivity index (χ1n) is 20.4. The van der Waals surface area contributed by atoms with Crippen molar-refractivity contribution < 1.29 is 60.2 Å². The first-order valence-corrected chi connectivity index (χ1v) is 23.2. The highest BCUT2D eigenvalue weighted by Crippen LogP contribution is 2.52. The van der Waals surface area contributed by atoms with Crippen LogP contribution in [0.15, 0.2) is 105 Å². The fourth-order valence-electron chi connectivity index (χ4n) is 9.27. The molecule has 0 aromatic heterocycles. The number of hydrogen-bond acceptors (Lipinski definition) is 11. The molecule has 334 valence electrons. The summed E-state index contributed by atoms with van der Waals surface area (Å²) in [5.74, 6) is -2.73. The average Bonchev–Trinajstić information content (AvgIpc) is 3.55. The van der Waals surface area contributed by atoms with E-state index in [0.717, 1.165) is 22.5 Å². The zero-order valence-corrected chi connectivity index (χ0v) is 36.3. The van der Waals surface area contributed by atoms with E-state index in [1.807, 2.05) is 49.3 Å². The maximum absolute atomic E-state index is 14.2. The predicted molar refractivity (Wildman–Crippen MR) is 234 cm³/mol. The second-order valence-corrected chi connectivity index (χ2v) is 19.9. The van der Waals surface area contributed by atoms with Gasteiger partial charge < -0.3 is 29.3 Å². The van der Waals surface area contributed by atoms with Crippen LogP contribution in [0, 0.1) is 0 Å². The zero-order valence-electron chi connectivity index (χ0n) is 34.7. The van der Waals surface area contributed by atoms with E-state index in [1.54, 1.807) is 36.4 Å². The number of anilines is 1. The van der Waals surface area contributed by atoms with Crippen LogP contribution in [0.5, 0.6) is 0 Å². The summed E-state index contributed by atoms with van der Waals surface area (Å²) in [6.45, 7) is 8.61. The summed E-state index contributed by atoms with van der Waals surface area (Å²) in [6, 6.07) is 15.4. The summed E-state index contributed by atoms with van der Waals surface area (Å²) >= 11 is 0. The fraction of sp³-hybridized carbons (Fsp3) is 0.362. The number of carboxylic acids is 2. The molecular formula is C47H50N2O12S2-2. The molecule has 7 rings (SSSR count). The SMILES string of the molecule is C.CC1(C)C(C=C2C(=O)C(/C=C3/N(CCCCCC(=O)O)c4ccc5cc(S(=O)(=O)[O-])ccc5c4C3(C)C)=C2[O-])=[N+](CCCCCC(=O)O)c2ccc3cc(S(=O)(=O)[O-])ccc3c21. The van der Waals surface area contributed by atoms with Crippen molar-refractivity contribution in [1.82, 2.24) is 0 Å². The Morgan fingerprint density at radius 3 is 1.79 bits per heavy atom. The Balaban J connectivity index is 0.00000661. The number of carbonyl (C=O) groups excluding carboxylic acids is 1. The lowest BCUT2D eigenvalue weighted by atomic mass is 9.76. The van der Waals surface area contributed by atoms with Gasteiger partial charge in [0.1, 0.15) is 26.8 Å². The van der Waals surface area contributed by atoms with Crippen LogP contribution in [0.25, 0.3) is 21.5 Å². The molecule has 4 aromatic carbocycles. The Labute approximate surface area is 367 Å². The van der Waals surface area contributed by atoms with Gasteiger partial charge in [-0.15, -0.1) is 0 Å². The van der Waals surface area contributed by atoms with Gasteiger partial charge >= 0.3 is 11.9 Å². The van der Waals surface area contributed by atoms with Gasteiger partial charge in [-0.3, -0.25) is 14.4 Å². The van der Waals surface area contributed by atoms with Crippen LogP contribution in [-0.4, -0.2) is 77.3 Å². The second-order valence-electron chi connectivity index (χ2n) is 17.1. The number of carbonyl (C=O) groups is 3. The number of unbranched alkanes of at least 4 members (excludes halogenated alkanes) is 4. The molecule has 0 atom stereocenters. The number of rotatable bonds is 16. The van der Waals surface area contributed by atoms with E-state index in [9.17, 15) is 55.6 Å². The summed E-state index contributed by atoms with van der Waals surface area (Å²) in [6.07, 6.45) is 6.56. The summed E-state index contributed by atoms with van der Waals surface area (Å²) in [5, 5.41) is 35.0. The molecule has 2 N–H and O–H groups in total. The van der Waals surface area contributed by atoms with Crippen LogP contribution < -0.4 is 10.0 Å². The minimum absolute atomic E-state index is 0. The van der Waals surface area contributed by atoms with Crippen LogP contribution in [-0.2, 0) is 45.4 Å². The highest BCUT2D eigenvalue weighted by atomic mass is 32.2. The molecule has 4 aromatic rings. The molecule has 0 saturated carbocycles. The maximum Gasteiger partial charge on any atom is 0.303 e. The molecule has 0 radical (unpaired) electrons. The summed E-state index contributed by atoms with van der Waals surface area (Å²) < 4.78 is 73.3. The highest BCUT2D eigenvalue weighted by Gasteiger charge is 2.47. The van der Waals surface area contributed by atoms with E-state index in [0.29, 0.717) is 84.6 Å². The van der Waals surface area contributed by atoms with Crippen molar-refractivity contribution in [2.24, 2.45) is 0 Å². The third kappa shape index (κ3) is 8.69. The van der Waals surface area contributed by atoms with Crippen LogP contribution in [0.2, 0.25) is 0 Å². The van der Waals surface area contributed by atoms with E-state index in [-0.39, 0.29) is 41.2 Å². The van der Waals surface area contributed by atoms with Crippen LogP contribution in [0.3, 0.4) is 0 Å². The number of Topliss-reactive ketones (excluding diaryl/α,β-unsaturated/α-hetero) is 1. The van der Waals surface area contributed by atoms with Crippen molar-refractivity contribution in [3.8, 4) is 0 Å². The van der Waals surface area contributed by atoms with Gasteiger partial charge in [-0.05, 0) is 109 Å². The third-order valence-corrected chi connectivity index (χ3v) is 14.0. The molecule has 0 amide bonds. The standard InChI is InChI=1S/C46H48N2O12S2.CH4/c1-45(2)37(47(21-9-5-7-11-39(49)50)35-19-13-27-23-29(61(55,56)57)15-17-31(27)41(35)45)25-33-43(53)34(44(33)54)26-38-46(3,4)42-32-18-16-30(62(58,59)60)24-28(32)14-20-36(42)48(38)22-10-6-8-12-40(51)52;/h13-20,23-26H,5-12,21-22H2,1-4H3,(H4-,49,50,51,52,53,54,55,56,57,58,59,60);1H4/p-2. The number of ketones is 1. The first kappa shape index (κ1) is 46.8. The number of carboxylic acid groups (broad SMARTS) is 2. The minimum atomic E-state index is -4.73. The van der Waals surface area contributed by atoms with Gasteiger partial charge in [0.15, 0.2) is 11.5 Å². The molecule has 2 aliphatic heterocycles. The van der Waals surface area contributed by atoms with Crippen LogP contribution in [0.1, 0.15) is 97.6 Å². The molecule has 0 saturated heterocycles. The van der Waals surface area contributed by atoms with Gasteiger partial charge in [-0.2, -0.15) is 4.58 Å². The third-order valence-electron chi connectivity index (χ3n) is 12.3. The van der Waals surface area contributed by atoms with E-state index in [2.05, 4.69) is 0 Å². The van der Waals surface area contributed by atoms with Crippen LogP contribution in [0.4, 0.5) is 11.4 Å². The fourth-order valence-corrected chi connectivity index (χ4v) is 10.3. The van der Waals surface area contributed by atoms with E-state index >= 15 is 0 Å². The molecular weight excluding hydrogens is 849 g/mol. The molecule has 0 fully saturated rings.